The van der Waals surface area contributed by atoms with E-state index in [1.807, 2.05) is 37.5 Å². The molecule has 0 aliphatic carbocycles. The fraction of sp³-hybridized carbons (Fsp3) is 0.400. The van der Waals surface area contributed by atoms with Crippen molar-refractivity contribution in [2.75, 3.05) is 13.6 Å². The second kappa shape index (κ2) is 8.48. The van der Waals surface area contributed by atoms with E-state index in [1.54, 1.807) is 0 Å². The first-order valence-corrected chi connectivity index (χ1v) is 6.38. The van der Waals surface area contributed by atoms with E-state index in [4.69, 9.17) is 0 Å². The SMILES string of the molecule is C=CCCC(NCCc1ccccn1)C(=C)NC. The van der Waals surface area contributed by atoms with Crippen LogP contribution in [-0.2, 0) is 6.42 Å². The minimum absolute atomic E-state index is 0.289. The summed E-state index contributed by atoms with van der Waals surface area (Å²) < 4.78 is 0. The Balaban J connectivity index is 2.37. The Morgan fingerprint density at radius 3 is 2.94 bits per heavy atom. The number of pyridine rings is 1. The summed E-state index contributed by atoms with van der Waals surface area (Å²) in [5.41, 5.74) is 2.14. The van der Waals surface area contributed by atoms with E-state index in [0.717, 1.165) is 37.2 Å². The maximum absolute atomic E-state index is 4.31. The van der Waals surface area contributed by atoms with Crippen LogP contribution in [0.4, 0.5) is 0 Å². The Hall–Kier alpha value is -1.61. The summed E-state index contributed by atoms with van der Waals surface area (Å²) in [6, 6.07) is 6.29. The lowest BCUT2D eigenvalue weighted by atomic mass is 10.1. The highest BCUT2D eigenvalue weighted by atomic mass is 15.0. The van der Waals surface area contributed by atoms with Gasteiger partial charge in [0.05, 0.1) is 0 Å². The predicted molar refractivity (Wildman–Crippen MR) is 77.4 cm³/mol. The third-order valence-electron chi connectivity index (χ3n) is 2.90. The van der Waals surface area contributed by atoms with Crippen LogP contribution in [0.25, 0.3) is 0 Å². The lowest BCUT2D eigenvalue weighted by Gasteiger charge is -2.20. The summed E-state index contributed by atoms with van der Waals surface area (Å²) in [5.74, 6) is 0. The number of hydrogen-bond acceptors (Lipinski definition) is 3. The van der Waals surface area contributed by atoms with Crippen LogP contribution in [0.5, 0.6) is 0 Å². The molecule has 0 radical (unpaired) electrons. The van der Waals surface area contributed by atoms with Crippen molar-refractivity contribution in [2.45, 2.75) is 25.3 Å². The van der Waals surface area contributed by atoms with Crippen molar-refractivity contribution in [2.24, 2.45) is 0 Å². The molecule has 0 bridgehead atoms. The van der Waals surface area contributed by atoms with Crippen molar-refractivity contribution in [1.82, 2.24) is 15.6 Å². The smallest absolute Gasteiger partial charge is 0.0466 e. The molecule has 3 nitrogen and oxygen atoms in total. The van der Waals surface area contributed by atoms with Crippen molar-refractivity contribution in [3.63, 3.8) is 0 Å². The van der Waals surface area contributed by atoms with Gasteiger partial charge in [0.2, 0.25) is 0 Å². The van der Waals surface area contributed by atoms with Gasteiger partial charge in [-0.1, -0.05) is 18.7 Å². The maximum Gasteiger partial charge on any atom is 0.0466 e. The van der Waals surface area contributed by atoms with E-state index in [1.165, 1.54) is 0 Å². The Kier molecular flexibility index (Phi) is 6.81. The van der Waals surface area contributed by atoms with Crippen molar-refractivity contribution in [1.29, 1.82) is 0 Å². The molecule has 0 fully saturated rings. The van der Waals surface area contributed by atoms with Gasteiger partial charge in [-0.2, -0.15) is 0 Å². The fourth-order valence-corrected chi connectivity index (χ4v) is 1.78. The van der Waals surface area contributed by atoms with Gasteiger partial charge >= 0.3 is 0 Å². The van der Waals surface area contributed by atoms with Crippen LogP contribution in [0.3, 0.4) is 0 Å². The topological polar surface area (TPSA) is 37.0 Å². The number of nitrogens with one attached hydrogen (secondary N) is 2. The molecule has 0 saturated carbocycles. The average Bonchev–Trinajstić information content (AvgIpc) is 2.43. The molecule has 0 spiro atoms. The van der Waals surface area contributed by atoms with E-state index in [2.05, 4.69) is 28.8 Å². The largest absolute Gasteiger partial charge is 0.391 e. The molecule has 1 unspecified atom stereocenters. The van der Waals surface area contributed by atoms with Crippen LogP contribution in [0.1, 0.15) is 18.5 Å². The molecule has 1 heterocycles. The number of likely N-dealkylation sites (N-methyl/N-ethyl adjacent to an activating group) is 1. The quantitative estimate of drug-likeness (QED) is 0.655. The first-order chi connectivity index (χ1) is 8.77. The molecule has 1 aromatic heterocycles. The highest BCUT2D eigenvalue weighted by Crippen LogP contribution is 2.05. The Bertz CT molecular complexity index is 359. The standard InChI is InChI=1S/C15H23N3/c1-4-5-9-15(13(2)16-3)18-12-10-14-8-6-7-11-17-14/h4,6-8,11,15-16,18H,1-2,5,9-10,12H2,3H3. The average molecular weight is 245 g/mol. The third kappa shape index (κ3) is 5.15. The molecule has 1 aromatic rings. The zero-order valence-corrected chi connectivity index (χ0v) is 11.2. The Morgan fingerprint density at radius 1 is 1.50 bits per heavy atom. The maximum atomic E-state index is 4.31. The van der Waals surface area contributed by atoms with Crippen LogP contribution in [-0.4, -0.2) is 24.6 Å². The molecule has 0 aromatic carbocycles. The predicted octanol–water partition coefficient (Wildman–Crippen LogP) is 2.28. The van der Waals surface area contributed by atoms with E-state index in [-0.39, 0.29) is 6.04 Å². The van der Waals surface area contributed by atoms with Crippen molar-refractivity contribution < 1.29 is 0 Å². The third-order valence-corrected chi connectivity index (χ3v) is 2.90. The lowest BCUT2D eigenvalue weighted by Crippen LogP contribution is -2.36. The van der Waals surface area contributed by atoms with Crippen LogP contribution in [0, 0.1) is 0 Å². The second-order valence-electron chi connectivity index (χ2n) is 4.22. The fourth-order valence-electron chi connectivity index (χ4n) is 1.78. The molecule has 0 amide bonds. The van der Waals surface area contributed by atoms with Crippen molar-refractivity contribution in [3.05, 3.63) is 55.0 Å². The monoisotopic (exact) mass is 245 g/mol. The number of hydrogen-bond donors (Lipinski definition) is 2. The summed E-state index contributed by atoms with van der Waals surface area (Å²) in [6.45, 7) is 8.69. The molecule has 3 heteroatoms. The minimum Gasteiger partial charge on any atom is -0.391 e. The first-order valence-electron chi connectivity index (χ1n) is 6.38. The van der Waals surface area contributed by atoms with Crippen LogP contribution in [0.15, 0.2) is 49.3 Å². The molecular weight excluding hydrogens is 222 g/mol. The summed E-state index contributed by atoms with van der Waals surface area (Å²) in [6.07, 6.45) is 6.71. The summed E-state index contributed by atoms with van der Waals surface area (Å²) in [7, 11) is 1.91. The zero-order chi connectivity index (χ0) is 13.2. The summed E-state index contributed by atoms with van der Waals surface area (Å²) >= 11 is 0. The van der Waals surface area contributed by atoms with Crippen molar-refractivity contribution >= 4 is 0 Å². The Morgan fingerprint density at radius 2 is 2.33 bits per heavy atom. The molecular formula is C15H23N3. The molecule has 18 heavy (non-hydrogen) atoms. The highest BCUT2D eigenvalue weighted by molar-refractivity contribution is 5.06. The van der Waals surface area contributed by atoms with Gasteiger partial charge < -0.3 is 10.6 Å². The van der Waals surface area contributed by atoms with Gasteiger partial charge in [-0.25, -0.2) is 0 Å². The normalized spacial score (nSPS) is 11.8. The second-order valence-corrected chi connectivity index (χ2v) is 4.22. The molecule has 0 aliphatic rings. The minimum atomic E-state index is 0.289. The molecule has 2 N–H and O–H groups in total. The number of aromatic nitrogens is 1. The summed E-state index contributed by atoms with van der Waals surface area (Å²) in [5, 5.41) is 6.62. The molecule has 0 aliphatic heterocycles. The van der Waals surface area contributed by atoms with E-state index >= 15 is 0 Å². The first kappa shape index (κ1) is 14.5. The number of allylic oxidation sites excluding steroid dienone is 1. The van der Waals surface area contributed by atoms with E-state index in [0.29, 0.717) is 0 Å². The van der Waals surface area contributed by atoms with Gasteiger partial charge in [0.1, 0.15) is 0 Å². The van der Waals surface area contributed by atoms with E-state index in [9.17, 15) is 0 Å². The number of nitrogens with zero attached hydrogens (tertiary/aromatic N) is 1. The van der Waals surface area contributed by atoms with Gasteiger partial charge in [0.25, 0.3) is 0 Å². The molecule has 1 atom stereocenters. The van der Waals surface area contributed by atoms with Crippen LogP contribution in [0.2, 0.25) is 0 Å². The molecule has 98 valence electrons. The van der Waals surface area contributed by atoms with Crippen molar-refractivity contribution in [3.8, 4) is 0 Å². The van der Waals surface area contributed by atoms with Gasteiger partial charge in [-0.05, 0) is 25.0 Å². The van der Waals surface area contributed by atoms with Gasteiger partial charge in [0, 0.05) is 43.6 Å². The number of rotatable bonds is 9. The molecule has 1 rings (SSSR count). The Labute approximate surface area is 110 Å². The summed E-state index contributed by atoms with van der Waals surface area (Å²) in [4.78, 5) is 4.31. The van der Waals surface area contributed by atoms with Crippen LogP contribution >= 0.6 is 0 Å². The zero-order valence-electron chi connectivity index (χ0n) is 11.2. The molecule has 0 saturated heterocycles. The van der Waals surface area contributed by atoms with Gasteiger partial charge in [-0.3, -0.25) is 4.98 Å². The lowest BCUT2D eigenvalue weighted by molar-refractivity contribution is 0.521. The van der Waals surface area contributed by atoms with E-state index < -0.39 is 0 Å². The van der Waals surface area contributed by atoms with Gasteiger partial charge in [-0.15, -0.1) is 6.58 Å². The van der Waals surface area contributed by atoms with Crippen LogP contribution < -0.4 is 10.6 Å². The highest BCUT2D eigenvalue weighted by Gasteiger charge is 2.09. The van der Waals surface area contributed by atoms with Gasteiger partial charge in [0.15, 0.2) is 0 Å².